The molecule has 0 atom stereocenters. The van der Waals surface area contributed by atoms with Crippen LogP contribution < -0.4 is 4.74 Å². The van der Waals surface area contributed by atoms with Crippen molar-refractivity contribution in [3.63, 3.8) is 0 Å². The highest BCUT2D eigenvalue weighted by Gasteiger charge is 2.06. The van der Waals surface area contributed by atoms with Gasteiger partial charge in [-0.3, -0.25) is 9.48 Å². The Balaban J connectivity index is 2.02. The van der Waals surface area contributed by atoms with E-state index in [0.717, 1.165) is 6.54 Å². The highest BCUT2D eigenvalue weighted by atomic mass is 19.3. The van der Waals surface area contributed by atoms with E-state index in [0.29, 0.717) is 11.3 Å². The van der Waals surface area contributed by atoms with Crippen LogP contribution in [0.15, 0.2) is 42.6 Å². The normalized spacial score (nSPS) is 11.2. The Labute approximate surface area is 120 Å². The molecule has 0 saturated heterocycles. The van der Waals surface area contributed by atoms with Crippen molar-refractivity contribution in [2.24, 2.45) is 0 Å². The molecule has 1 heterocycles. The van der Waals surface area contributed by atoms with Gasteiger partial charge in [0.15, 0.2) is 5.78 Å². The van der Waals surface area contributed by atoms with Crippen LogP contribution in [0.3, 0.4) is 0 Å². The molecule has 2 rings (SSSR count). The number of hydrogen-bond acceptors (Lipinski definition) is 3. The molecule has 0 amide bonds. The fourth-order valence-corrected chi connectivity index (χ4v) is 1.70. The van der Waals surface area contributed by atoms with Crippen LogP contribution in [0, 0.1) is 0 Å². The number of alkyl halides is 2. The molecular formula is C15H14F2N2O2. The summed E-state index contributed by atoms with van der Waals surface area (Å²) in [5.74, 6) is -0.211. The van der Waals surface area contributed by atoms with Gasteiger partial charge >= 0.3 is 6.61 Å². The van der Waals surface area contributed by atoms with Crippen LogP contribution in [-0.4, -0.2) is 22.2 Å². The fourth-order valence-electron chi connectivity index (χ4n) is 1.70. The van der Waals surface area contributed by atoms with Gasteiger partial charge in [-0.2, -0.15) is 13.9 Å². The zero-order chi connectivity index (χ0) is 15.2. The van der Waals surface area contributed by atoms with Gasteiger partial charge in [0.2, 0.25) is 0 Å². The van der Waals surface area contributed by atoms with Crippen molar-refractivity contribution >= 4 is 11.9 Å². The predicted molar refractivity (Wildman–Crippen MR) is 74.3 cm³/mol. The molecule has 0 saturated carbocycles. The summed E-state index contributed by atoms with van der Waals surface area (Å²) in [6, 6.07) is 7.34. The van der Waals surface area contributed by atoms with Crippen molar-refractivity contribution < 1.29 is 18.3 Å². The summed E-state index contributed by atoms with van der Waals surface area (Å²) in [5, 5.41) is 4.22. The van der Waals surface area contributed by atoms with Crippen LogP contribution in [0.1, 0.15) is 23.0 Å². The monoisotopic (exact) mass is 292 g/mol. The van der Waals surface area contributed by atoms with Crippen LogP contribution in [0.2, 0.25) is 0 Å². The minimum atomic E-state index is -2.87. The maximum atomic E-state index is 12.0. The summed E-state index contributed by atoms with van der Waals surface area (Å²) in [4.78, 5) is 11.9. The molecule has 0 unspecified atom stereocenters. The largest absolute Gasteiger partial charge is 0.435 e. The highest BCUT2D eigenvalue weighted by molar-refractivity contribution is 6.06. The third kappa shape index (κ3) is 4.24. The zero-order valence-electron chi connectivity index (χ0n) is 11.4. The highest BCUT2D eigenvalue weighted by Crippen LogP contribution is 2.15. The second-order valence-electron chi connectivity index (χ2n) is 4.20. The Hall–Kier alpha value is -2.50. The second-order valence-corrected chi connectivity index (χ2v) is 4.20. The van der Waals surface area contributed by atoms with Crippen molar-refractivity contribution in [2.75, 3.05) is 0 Å². The minimum absolute atomic E-state index is 0.0206. The topological polar surface area (TPSA) is 44.1 Å². The van der Waals surface area contributed by atoms with Gasteiger partial charge in [-0.25, -0.2) is 0 Å². The maximum absolute atomic E-state index is 12.0. The molecule has 4 nitrogen and oxygen atoms in total. The Kier molecular flexibility index (Phi) is 4.81. The number of benzene rings is 1. The van der Waals surface area contributed by atoms with Gasteiger partial charge < -0.3 is 4.74 Å². The third-order valence-corrected chi connectivity index (χ3v) is 2.75. The molecule has 0 aliphatic carbocycles. The maximum Gasteiger partial charge on any atom is 0.387 e. The first-order chi connectivity index (χ1) is 10.1. The summed E-state index contributed by atoms with van der Waals surface area (Å²) >= 11 is 0. The number of rotatable bonds is 6. The van der Waals surface area contributed by atoms with E-state index in [-0.39, 0.29) is 11.5 Å². The molecular weight excluding hydrogens is 278 g/mol. The van der Waals surface area contributed by atoms with Crippen molar-refractivity contribution in [3.8, 4) is 5.75 Å². The average molecular weight is 292 g/mol. The minimum Gasteiger partial charge on any atom is -0.435 e. The second kappa shape index (κ2) is 6.78. The summed E-state index contributed by atoms with van der Waals surface area (Å²) < 4.78 is 30.0. The number of carbonyl (C=O) groups excluding carboxylic acids is 1. The Bertz CT molecular complexity index is 633. The molecule has 0 aliphatic rings. The Morgan fingerprint density at radius 3 is 2.62 bits per heavy atom. The molecule has 21 heavy (non-hydrogen) atoms. The lowest BCUT2D eigenvalue weighted by Gasteiger charge is -2.04. The number of allylic oxidation sites excluding steroid dienone is 1. The van der Waals surface area contributed by atoms with Crippen LogP contribution >= 0.6 is 0 Å². The van der Waals surface area contributed by atoms with Crippen molar-refractivity contribution in [1.82, 2.24) is 9.78 Å². The number of aromatic nitrogens is 2. The van der Waals surface area contributed by atoms with Gasteiger partial charge in [0.25, 0.3) is 0 Å². The molecule has 110 valence electrons. The smallest absolute Gasteiger partial charge is 0.387 e. The number of carbonyl (C=O) groups is 1. The van der Waals surface area contributed by atoms with Gasteiger partial charge in [-0.15, -0.1) is 0 Å². The lowest BCUT2D eigenvalue weighted by atomic mass is 10.1. The van der Waals surface area contributed by atoms with Crippen molar-refractivity contribution in [1.29, 1.82) is 0 Å². The van der Waals surface area contributed by atoms with Gasteiger partial charge in [-0.05, 0) is 49.4 Å². The number of ketones is 1. The summed E-state index contributed by atoms with van der Waals surface area (Å²) in [6.45, 7) is -0.151. The first-order valence-corrected chi connectivity index (χ1v) is 6.39. The summed E-state index contributed by atoms with van der Waals surface area (Å²) in [7, 11) is 0. The number of ether oxygens (including phenoxy) is 1. The average Bonchev–Trinajstić information content (AvgIpc) is 2.93. The third-order valence-electron chi connectivity index (χ3n) is 2.75. The number of aryl methyl sites for hydroxylation is 1. The molecule has 6 heteroatoms. The lowest BCUT2D eigenvalue weighted by Crippen LogP contribution is -2.02. The van der Waals surface area contributed by atoms with E-state index in [1.54, 1.807) is 16.8 Å². The lowest BCUT2D eigenvalue weighted by molar-refractivity contribution is -0.0498. The van der Waals surface area contributed by atoms with Crippen molar-refractivity contribution in [2.45, 2.75) is 20.1 Å². The standard InChI is InChI=1S/C15H14F2N2O2/c1-2-19-10-9-12(18-19)5-8-14(20)11-3-6-13(7-4-11)21-15(16)17/h3-10,15H,2H2,1H3/b8-5+. The quantitative estimate of drug-likeness (QED) is 0.605. The predicted octanol–water partition coefficient (Wildman–Crippen LogP) is 3.40. The molecule has 1 aromatic heterocycles. The van der Waals surface area contributed by atoms with Crippen LogP contribution in [0.4, 0.5) is 8.78 Å². The number of hydrogen-bond donors (Lipinski definition) is 0. The molecule has 0 aliphatic heterocycles. The van der Waals surface area contributed by atoms with E-state index in [1.165, 1.54) is 30.3 Å². The van der Waals surface area contributed by atoms with Gasteiger partial charge in [-0.1, -0.05) is 0 Å². The van der Waals surface area contributed by atoms with Crippen molar-refractivity contribution in [3.05, 3.63) is 53.9 Å². The van der Waals surface area contributed by atoms with Crippen LogP contribution in [-0.2, 0) is 6.54 Å². The first kappa shape index (κ1) is 14.9. The molecule has 0 fully saturated rings. The van der Waals surface area contributed by atoms with Crippen LogP contribution in [0.25, 0.3) is 6.08 Å². The molecule has 0 N–H and O–H groups in total. The van der Waals surface area contributed by atoms with E-state index in [4.69, 9.17) is 0 Å². The Morgan fingerprint density at radius 2 is 2.05 bits per heavy atom. The van der Waals surface area contributed by atoms with Crippen LogP contribution in [0.5, 0.6) is 5.75 Å². The van der Waals surface area contributed by atoms with Gasteiger partial charge in [0, 0.05) is 18.3 Å². The molecule has 0 bridgehead atoms. The van der Waals surface area contributed by atoms with Gasteiger partial charge in [0.1, 0.15) is 5.75 Å². The Morgan fingerprint density at radius 1 is 1.33 bits per heavy atom. The summed E-state index contributed by atoms with van der Waals surface area (Å²) in [6.07, 6.45) is 4.82. The van der Waals surface area contributed by atoms with E-state index < -0.39 is 6.61 Å². The number of halogens is 2. The SMILES string of the molecule is CCn1ccc(/C=C/C(=O)c2ccc(OC(F)F)cc2)n1. The van der Waals surface area contributed by atoms with E-state index >= 15 is 0 Å². The van der Waals surface area contributed by atoms with E-state index in [2.05, 4.69) is 9.84 Å². The zero-order valence-corrected chi connectivity index (χ0v) is 11.4. The van der Waals surface area contributed by atoms with Gasteiger partial charge in [0.05, 0.1) is 5.69 Å². The summed E-state index contributed by atoms with van der Waals surface area (Å²) in [5.41, 5.74) is 1.07. The number of nitrogens with zero attached hydrogens (tertiary/aromatic N) is 2. The molecule has 2 aromatic rings. The molecule has 1 aromatic carbocycles. The molecule has 0 radical (unpaired) electrons. The molecule has 0 spiro atoms. The first-order valence-electron chi connectivity index (χ1n) is 6.39. The fraction of sp³-hybridized carbons (Fsp3) is 0.200. The van der Waals surface area contributed by atoms with E-state index in [9.17, 15) is 13.6 Å². The van der Waals surface area contributed by atoms with E-state index in [1.807, 2.05) is 13.1 Å².